The summed E-state index contributed by atoms with van der Waals surface area (Å²) in [6.07, 6.45) is 2.67. The first-order valence-corrected chi connectivity index (χ1v) is 7.94. The van der Waals surface area contributed by atoms with Gasteiger partial charge in [0, 0.05) is 10.5 Å². The van der Waals surface area contributed by atoms with E-state index in [9.17, 15) is 4.79 Å². The molecule has 1 saturated heterocycles. The summed E-state index contributed by atoms with van der Waals surface area (Å²) in [5.41, 5.74) is 0.709. The summed E-state index contributed by atoms with van der Waals surface area (Å²) in [4.78, 5) is 11.9. The van der Waals surface area contributed by atoms with E-state index in [1.54, 1.807) is 13.2 Å². The minimum absolute atomic E-state index is 0.0575. The predicted molar refractivity (Wildman–Crippen MR) is 85.8 cm³/mol. The summed E-state index contributed by atoms with van der Waals surface area (Å²) in [5.74, 6) is 0.650. The zero-order valence-electron chi connectivity index (χ0n) is 12.2. The topological polar surface area (TPSA) is 59.6 Å². The van der Waals surface area contributed by atoms with Crippen molar-refractivity contribution in [1.29, 1.82) is 0 Å². The maximum Gasteiger partial charge on any atom is 0.226 e. The highest BCUT2D eigenvalue weighted by Crippen LogP contribution is 2.27. The molecule has 0 bridgehead atoms. The molecular weight excluding hydrogens is 336 g/mol. The maximum atomic E-state index is 11.9. The van der Waals surface area contributed by atoms with Crippen molar-refractivity contribution in [3.05, 3.63) is 22.7 Å². The zero-order chi connectivity index (χ0) is 15.1. The van der Waals surface area contributed by atoms with E-state index in [0.29, 0.717) is 24.5 Å². The van der Waals surface area contributed by atoms with Crippen LogP contribution in [-0.2, 0) is 9.53 Å². The van der Waals surface area contributed by atoms with Crippen molar-refractivity contribution in [3.8, 4) is 5.75 Å². The van der Waals surface area contributed by atoms with E-state index in [0.717, 1.165) is 30.4 Å². The third-order valence-corrected chi connectivity index (χ3v) is 4.11. The van der Waals surface area contributed by atoms with Crippen molar-refractivity contribution in [2.24, 2.45) is 0 Å². The third-order valence-electron chi connectivity index (χ3n) is 3.42. The van der Waals surface area contributed by atoms with Gasteiger partial charge in [-0.05, 0) is 54.0 Å². The molecule has 1 aromatic carbocycles. The number of ether oxygens (including phenoxy) is 2. The van der Waals surface area contributed by atoms with Crippen LogP contribution in [0.4, 0.5) is 5.69 Å². The molecule has 0 radical (unpaired) electrons. The number of piperidine rings is 1. The smallest absolute Gasteiger partial charge is 0.226 e. The molecule has 0 atom stereocenters. The summed E-state index contributed by atoms with van der Waals surface area (Å²) in [6.45, 7) is 2.44. The van der Waals surface area contributed by atoms with Gasteiger partial charge in [0.1, 0.15) is 5.75 Å². The Morgan fingerprint density at radius 1 is 1.43 bits per heavy atom. The summed E-state index contributed by atoms with van der Waals surface area (Å²) < 4.78 is 11.7. The van der Waals surface area contributed by atoms with Gasteiger partial charge in [0.2, 0.25) is 5.91 Å². The van der Waals surface area contributed by atoms with Crippen LogP contribution in [0.3, 0.4) is 0 Å². The first-order valence-electron chi connectivity index (χ1n) is 7.15. The van der Waals surface area contributed by atoms with Gasteiger partial charge in [0.05, 0.1) is 31.9 Å². The Kier molecular flexibility index (Phi) is 6.48. The molecule has 5 nitrogen and oxygen atoms in total. The van der Waals surface area contributed by atoms with E-state index in [1.165, 1.54) is 0 Å². The van der Waals surface area contributed by atoms with E-state index >= 15 is 0 Å². The van der Waals surface area contributed by atoms with E-state index in [4.69, 9.17) is 9.47 Å². The van der Waals surface area contributed by atoms with Crippen LogP contribution >= 0.6 is 15.9 Å². The molecular formula is C15H21BrN2O3. The number of benzene rings is 1. The second kappa shape index (κ2) is 8.36. The number of carbonyl (C=O) groups is 1. The minimum atomic E-state index is -0.0575. The van der Waals surface area contributed by atoms with Crippen molar-refractivity contribution >= 4 is 27.5 Å². The quantitative estimate of drug-likeness (QED) is 0.822. The Labute approximate surface area is 133 Å². The second-order valence-corrected chi connectivity index (χ2v) is 5.82. The Balaban J connectivity index is 1.76. The number of nitrogens with one attached hydrogen (secondary N) is 2. The fourth-order valence-electron chi connectivity index (χ4n) is 2.22. The number of halogens is 1. The molecule has 0 aromatic heterocycles. The van der Waals surface area contributed by atoms with Gasteiger partial charge >= 0.3 is 0 Å². The van der Waals surface area contributed by atoms with Gasteiger partial charge in [-0.1, -0.05) is 0 Å². The van der Waals surface area contributed by atoms with Crippen molar-refractivity contribution < 1.29 is 14.3 Å². The number of hydrogen-bond donors (Lipinski definition) is 2. The number of carbonyl (C=O) groups excluding carboxylic acids is 1. The van der Waals surface area contributed by atoms with Crippen LogP contribution in [-0.4, -0.2) is 38.8 Å². The lowest BCUT2D eigenvalue weighted by Crippen LogP contribution is -2.33. The minimum Gasteiger partial charge on any atom is -0.497 e. The number of hydrogen-bond acceptors (Lipinski definition) is 4. The molecule has 1 aliphatic rings. The van der Waals surface area contributed by atoms with Crippen LogP contribution in [0, 0.1) is 0 Å². The van der Waals surface area contributed by atoms with E-state index in [2.05, 4.69) is 26.6 Å². The molecule has 1 aromatic rings. The van der Waals surface area contributed by atoms with Gasteiger partial charge in [-0.3, -0.25) is 4.79 Å². The number of rotatable bonds is 6. The van der Waals surface area contributed by atoms with E-state index in [1.807, 2.05) is 12.1 Å². The van der Waals surface area contributed by atoms with Crippen LogP contribution in [0.5, 0.6) is 5.75 Å². The third kappa shape index (κ3) is 5.30. The van der Waals surface area contributed by atoms with Gasteiger partial charge in [-0.2, -0.15) is 0 Å². The molecule has 0 spiro atoms. The van der Waals surface area contributed by atoms with Gasteiger partial charge < -0.3 is 20.1 Å². The zero-order valence-corrected chi connectivity index (χ0v) is 13.7. The fraction of sp³-hybridized carbons (Fsp3) is 0.533. The molecule has 6 heteroatoms. The monoisotopic (exact) mass is 356 g/mol. The summed E-state index contributed by atoms with van der Waals surface area (Å²) in [7, 11) is 1.60. The Morgan fingerprint density at radius 3 is 2.90 bits per heavy atom. The van der Waals surface area contributed by atoms with Gasteiger partial charge in [-0.15, -0.1) is 0 Å². The molecule has 21 heavy (non-hydrogen) atoms. The normalized spacial score (nSPS) is 15.7. The molecule has 2 N–H and O–H groups in total. The molecule has 1 amide bonds. The van der Waals surface area contributed by atoms with E-state index in [-0.39, 0.29) is 12.0 Å². The average Bonchev–Trinajstić information content (AvgIpc) is 2.50. The standard InChI is InChI=1S/C15H21BrN2O3/c1-20-12-2-3-13(16)14(10-12)18-15(19)6-9-21-11-4-7-17-8-5-11/h2-3,10-11,17H,4-9H2,1H3,(H,18,19). The van der Waals surface area contributed by atoms with Crippen molar-refractivity contribution in [2.45, 2.75) is 25.4 Å². The SMILES string of the molecule is COc1ccc(Br)c(NC(=O)CCOC2CCNCC2)c1. The van der Waals surface area contributed by atoms with Crippen molar-refractivity contribution in [3.63, 3.8) is 0 Å². The van der Waals surface area contributed by atoms with Gasteiger partial charge in [-0.25, -0.2) is 0 Å². The molecule has 0 saturated carbocycles. The molecule has 1 aliphatic heterocycles. The second-order valence-electron chi connectivity index (χ2n) is 4.96. The van der Waals surface area contributed by atoms with Crippen LogP contribution in [0.1, 0.15) is 19.3 Å². The van der Waals surface area contributed by atoms with Crippen LogP contribution in [0.15, 0.2) is 22.7 Å². The molecule has 2 rings (SSSR count). The Bertz CT molecular complexity index is 476. The first kappa shape index (κ1) is 16.3. The summed E-state index contributed by atoms with van der Waals surface area (Å²) in [5, 5.41) is 6.15. The Morgan fingerprint density at radius 2 is 2.19 bits per heavy atom. The lowest BCUT2D eigenvalue weighted by molar-refractivity contribution is -0.117. The average molecular weight is 357 g/mol. The lowest BCUT2D eigenvalue weighted by atomic mass is 10.1. The molecule has 0 aliphatic carbocycles. The highest BCUT2D eigenvalue weighted by Gasteiger charge is 2.14. The summed E-state index contributed by atoms with van der Waals surface area (Å²) >= 11 is 3.41. The molecule has 116 valence electrons. The maximum absolute atomic E-state index is 11.9. The van der Waals surface area contributed by atoms with Gasteiger partial charge in [0.25, 0.3) is 0 Å². The van der Waals surface area contributed by atoms with Crippen LogP contribution < -0.4 is 15.4 Å². The summed E-state index contributed by atoms with van der Waals surface area (Å²) in [6, 6.07) is 5.47. The lowest BCUT2D eigenvalue weighted by Gasteiger charge is -2.22. The molecule has 1 fully saturated rings. The molecule has 0 unspecified atom stereocenters. The van der Waals surface area contributed by atoms with Crippen molar-refractivity contribution in [1.82, 2.24) is 5.32 Å². The number of amides is 1. The van der Waals surface area contributed by atoms with Crippen LogP contribution in [0.2, 0.25) is 0 Å². The highest BCUT2D eigenvalue weighted by atomic mass is 79.9. The fourth-order valence-corrected chi connectivity index (χ4v) is 2.57. The van der Waals surface area contributed by atoms with Gasteiger partial charge in [0.15, 0.2) is 0 Å². The Hall–Kier alpha value is -1.11. The first-order chi connectivity index (χ1) is 10.2. The molecule has 1 heterocycles. The largest absolute Gasteiger partial charge is 0.497 e. The predicted octanol–water partition coefficient (Wildman–Crippen LogP) is 2.55. The number of methoxy groups -OCH3 is 1. The highest BCUT2D eigenvalue weighted by molar-refractivity contribution is 9.10. The van der Waals surface area contributed by atoms with Crippen molar-refractivity contribution in [2.75, 3.05) is 32.1 Å². The van der Waals surface area contributed by atoms with E-state index < -0.39 is 0 Å². The van der Waals surface area contributed by atoms with Crippen LogP contribution in [0.25, 0.3) is 0 Å². The number of anilines is 1.